The fourth-order valence-corrected chi connectivity index (χ4v) is 3.13. The Morgan fingerprint density at radius 2 is 0.722 bits per heavy atom. The van der Waals surface area contributed by atoms with Crippen LogP contribution in [0.25, 0.3) is 0 Å². The fourth-order valence-electron chi connectivity index (χ4n) is 3.13. The highest BCUT2D eigenvalue weighted by atomic mass is 14.2. The molecule has 0 saturated carbocycles. The van der Waals surface area contributed by atoms with E-state index in [-0.39, 0.29) is 0 Å². The third-order valence-electron chi connectivity index (χ3n) is 4.41. The summed E-state index contributed by atoms with van der Waals surface area (Å²) in [4.78, 5) is 0. The molecule has 0 aromatic heterocycles. The first-order valence-corrected chi connectivity index (χ1v) is 7.92. The van der Waals surface area contributed by atoms with E-state index in [0.717, 1.165) is 35.5 Å². The van der Waals surface area contributed by atoms with E-state index >= 15 is 0 Å². The number of hydrogen-bond acceptors (Lipinski definition) is 0. The molecule has 0 aliphatic carbocycles. The van der Waals surface area contributed by atoms with Gasteiger partial charge < -0.3 is 0 Å². The van der Waals surface area contributed by atoms with E-state index in [1.54, 1.807) is 0 Å². The van der Waals surface area contributed by atoms with Gasteiger partial charge in [-0.05, 0) is 48.3 Å². The molecule has 0 aromatic rings. The second kappa shape index (κ2) is 8.77. The summed E-state index contributed by atoms with van der Waals surface area (Å²) in [6.07, 6.45) is 7.36. The zero-order valence-corrected chi connectivity index (χ0v) is 14.0. The van der Waals surface area contributed by atoms with Crippen LogP contribution < -0.4 is 0 Å². The normalized spacial score (nSPS) is 13.4. The minimum Gasteiger partial charge on any atom is -0.0882 e. The molecule has 0 aliphatic rings. The lowest BCUT2D eigenvalue weighted by Crippen LogP contribution is -2.15. The van der Waals surface area contributed by atoms with Gasteiger partial charge in [0.15, 0.2) is 0 Å². The summed E-state index contributed by atoms with van der Waals surface area (Å²) in [7, 11) is 0. The molecule has 0 spiro atoms. The molecule has 0 heterocycles. The molecular weight excluding hydrogens is 216 g/mol. The molecule has 0 atom stereocenters. The van der Waals surface area contributed by atoms with E-state index in [1.807, 2.05) is 0 Å². The molecule has 0 rings (SSSR count). The van der Waals surface area contributed by atoms with E-state index in [4.69, 9.17) is 0 Å². The van der Waals surface area contributed by atoms with Crippen molar-refractivity contribution in [1.82, 2.24) is 0 Å². The highest BCUT2D eigenvalue weighted by Crippen LogP contribution is 2.27. The van der Waals surface area contributed by atoms with E-state index < -0.39 is 0 Å². The van der Waals surface area contributed by atoms with Crippen molar-refractivity contribution in [3.8, 4) is 0 Å². The van der Waals surface area contributed by atoms with Gasteiger partial charge in [-0.2, -0.15) is 0 Å². The predicted molar refractivity (Wildman–Crippen MR) is 84.7 cm³/mol. The lowest BCUT2D eigenvalue weighted by molar-refractivity contribution is 0.284. The molecule has 0 fully saturated rings. The van der Waals surface area contributed by atoms with Crippen LogP contribution in [0, 0.1) is 35.5 Å². The van der Waals surface area contributed by atoms with Gasteiger partial charge in [-0.3, -0.25) is 0 Å². The summed E-state index contributed by atoms with van der Waals surface area (Å²) in [5.74, 6) is 4.83. The standard InChI is InChI=1S/C18H36/c1-13(2)17(14(3)4)11-9-10-12-18(15(5)6)16(7)8/h9-10,13-18H,11-12H2,1-8H3/b10-9+. The lowest BCUT2D eigenvalue weighted by Gasteiger charge is -2.24. The molecule has 0 radical (unpaired) electrons. The van der Waals surface area contributed by atoms with Crippen LogP contribution in [0.5, 0.6) is 0 Å². The fraction of sp³-hybridized carbons (Fsp3) is 0.889. The van der Waals surface area contributed by atoms with Crippen LogP contribution in [-0.2, 0) is 0 Å². The van der Waals surface area contributed by atoms with Crippen LogP contribution in [-0.4, -0.2) is 0 Å². The summed E-state index contributed by atoms with van der Waals surface area (Å²) in [6, 6.07) is 0. The third-order valence-corrected chi connectivity index (χ3v) is 4.41. The maximum absolute atomic E-state index is 2.43. The van der Waals surface area contributed by atoms with Crippen LogP contribution >= 0.6 is 0 Å². The van der Waals surface area contributed by atoms with Crippen molar-refractivity contribution >= 4 is 0 Å². The van der Waals surface area contributed by atoms with Gasteiger partial charge in [0, 0.05) is 0 Å². The Balaban J connectivity index is 4.23. The molecule has 0 amide bonds. The second-order valence-corrected chi connectivity index (χ2v) is 7.25. The first-order chi connectivity index (χ1) is 8.27. The van der Waals surface area contributed by atoms with Gasteiger partial charge in [-0.25, -0.2) is 0 Å². The smallest absolute Gasteiger partial charge is 0.0317 e. The Kier molecular flexibility index (Phi) is 8.65. The van der Waals surface area contributed by atoms with Crippen LogP contribution in [0.15, 0.2) is 12.2 Å². The summed E-state index contributed by atoms with van der Waals surface area (Å²) >= 11 is 0. The van der Waals surface area contributed by atoms with Crippen molar-refractivity contribution in [3.05, 3.63) is 12.2 Å². The molecule has 0 aromatic carbocycles. The first-order valence-electron chi connectivity index (χ1n) is 7.92. The summed E-state index contributed by atoms with van der Waals surface area (Å²) in [6.45, 7) is 18.8. The van der Waals surface area contributed by atoms with Gasteiger partial charge in [0.1, 0.15) is 0 Å². The molecule has 108 valence electrons. The molecule has 0 unspecified atom stereocenters. The SMILES string of the molecule is CC(C)C(C/C=C/CC(C(C)C)C(C)C)C(C)C. The first kappa shape index (κ1) is 17.7. The summed E-state index contributed by atoms with van der Waals surface area (Å²) < 4.78 is 0. The molecule has 0 bridgehead atoms. The van der Waals surface area contributed by atoms with Crippen molar-refractivity contribution in [2.75, 3.05) is 0 Å². The van der Waals surface area contributed by atoms with Gasteiger partial charge in [0.2, 0.25) is 0 Å². The second-order valence-electron chi connectivity index (χ2n) is 7.25. The topological polar surface area (TPSA) is 0 Å². The van der Waals surface area contributed by atoms with E-state index in [2.05, 4.69) is 67.5 Å². The Hall–Kier alpha value is -0.260. The van der Waals surface area contributed by atoms with Crippen LogP contribution in [0.4, 0.5) is 0 Å². The average Bonchev–Trinajstić information content (AvgIpc) is 2.20. The van der Waals surface area contributed by atoms with Crippen molar-refractivity contribution in [2.45, 2.75) is 68.2 Å². The molecule has 18 heavy (non-hydrogen) atoms. The zero-order valence-electron chi connectivity index (χ0n) is 14.0. The van der Waals surface area contributed by atoms with Crippen LogP contribution in [0.2, 0.25) is 0 Å². The quantitative estimate of drug-likeness (QED) is 0.452. The Labute approximate surface area is 116 Å². The molecule has 0 nitrogen and oxygen atoms in total. The van der Waals surface area contributed by atoms with Crippen molar-refractivity contribution in [3.63, 3.8) is 0 Å². The van der Waals surface area contributed by atoms with E-state index in [9.17, 15) is 0 Å². The van der Waals surface area contributed by atoms with Gasteiger partial charge in [0.05, 0.1) is 0 Å². The Morgan fingerprint density at radius 3 is 0.889 bits per heavy atom. The highest BCUT2D eigenvalue weighted by molar-refractivity contribution is 4.88. The monoisotopic (exact) mass is 252 g/mol. The van der Waals surface area contributed by atoms with Gasteiger partial charge in [-0.1, -0.05) is 67.5 Å². The Bertz CT molecular complexity index is 180. The van der Waals surface area contributed by atoms with Crippen LogP contribution in [0.1, 0.15) is 68.2 Å². The molecule has 0 aliphatic heterocycles. The van der Waals surface area contributed by atoms with E-state index in [1.165, 1.54) is 12.8 Å². The lowest BCUT2D eigenvalue weighted by atomic mass is 9.81. The maximum Gasteiger partial charge on any atom is -0.0317 e. The van der Waals surface area contributed by atoms with Crippen molar-refractivity contribution in [2.24, 2.45) is 35.5 Å². The van der Waals surface area contributed by atoms with Crippen molar-refractivity contribution in [1.29, 1.82) is 0 Å². The minimum atomic E-state index is 0.792. The van der Waals surface area contributed by atoms with Gasteiger partial charge >= 0.3 is 0 Å². The molecule has 0 saturated heterocycles. The maximum atomic E-state index is 2.43. The average molecular weight is 252 g/mol. The number of rotatable bonds is 8. The van der Waals surface area contributed by atoms with Gasteiger partial charge in [-0.15, -0.1) is 0 Å². The van der Waals surface area contributed by atoms with E-state index in [0.29, 0.717) is 0 Å². The number of allylic oxidation sites excluding steroid dienone is 2. The molecule has 0 N–H and O–H groups in total. The van der Waals surface area contributed by atoms with Crippen molar-refractivity contribution < 1.29 is 0 Å². The number of hydrogen-bond donors (Lipinski definition) is 0. The summed E-state index contributed by atoms with van der Waals surface area (Å²) in [5.41, 5.74) is 0. The highest BCUT2D eigenvalue weighted by Gasteiger charge is 2.17. The zero-order chi connectivity index (χ0) is 14.3. The van der Waals surface area contributed by atoms with Crippen LogP contribution in [0.3, 0.4) is 0 Å². The largest absolute Gasteiger partial charge is 0.0882 e. The Morgan fingerprint density at radius 1 is 0.500 bits per heavy atom. The van der Waals surface area contributed by atoms with Gasteiger partial charge in [0.25, 0.3) is 0 Å². The molecule has 0 heteroatoms. The third kappa shape index (κ3) is 6.61. The predicted octanol–water partition coefficient (Wildman–Crippen LogP) is 6.18. The minimum absolute atomic E-state index is 0.792. The molecular formula is C18H36. The summed E-state index contributed by atoms with van der Waals surface area (Å²) in [5, 5.41) is 0.